The van der Waals surface area contributed by atoms with Crippen LogP contribution in [0.3, 0.4) is 0 Å². The Kier molecular flexibility index (Phi) is 5.07. The lowest BCUT2D eigenvalue weighted by atomic mass is 10.2. The molecule has 1 aromatic carbocycles. The largest absolute Gasteiger partial charge is 0.494 e. The number of aromatic nitrogens is 1. The fourth-order valence-electron chi connectivity index (χ4n) is 2.15. The molecule has 4 nitrogen and oxygen atoms in total. The molecule has 0 aliphatic rings. The first-order chi connectivity index (χ1) is 10.0. The first-order valence-corrected chi connectivity index (χ1v) is 7.75. The highest BCUT2D eigenvalue weighted by atomic mass is 79.9. The highest BCUT2D eigenvalue weighted by molar-refractivity contribution is 9.10. The molecule has 21 heavy (non-hydrogen) atoms. The van der Waals surface area contributed by atoms with Gasteiger partial charge in [-0.2, -0.15) is 0 Å². The summed E-state index contributed by atoms with van der Waals surface area (Å²) in [5.74, 6) is 0.697. The van der Waals surface area contributed by atoms with Gasteiger partial charge in [0.15, 0.2) is 0 Å². The van der Waals surface area contributed by atoms with Crippen LogP contribution >= 0.6 is 15.9 Å². The molecular formula is C16H19BrN2O2. The molecule has 1 amide bonds. The molecule has 5 heteroatoms. The summed E-state index contributed by atoms with van der Waals surface area (Å²) in [6, 6.07) is 7.48. The summed E-state index contributed by atoms with van der Waals surface area (Å²) in [5, 5.41) is 2.95. The number of nitrogens with zero attached hydrogens (tertiary/aromatic N) is 1. The molecule has 0 saturated heterocycles. The van der Waals surface area contributed by atoms with Crippen molar-refractivity contribution in [3.63, 3.8) is 0 Å². The number of carbonyl (C=O) groups is 1. The Morgan fingerprint density at radius 3 is 2.71 bits per heavy atom. The molecule has 0 spiro atoms. The SMILES string of the molecule is CCOc1ccc(NC(=O)c2cc(Br)cn2CC)c(C)c1. The molecule has 0 saturated carbocycles. The number of hydrogen-bond donors (Lipinski definition) is 1. The van der Waals surface area contributed by atoms with Gasteiger partial charge in [-0.1, -0.05) is 0 Å². The van der Waals surface area contributed by atoms with Crippen molar-refractivity contribution >= 4 is 27.5 Å². The highest BCUT2D eigenvalue weighted by Gasteiger charge is 2.13. The molecule has 1 aromatic heterocycles. The van der Waals surface area contributed by atoms with E-state index in [0.29, 0.717) is 12.3 Å². The van der Waals surface area contributed by atoms with E-state index in [2.05, 4.69) is 21.2 Å². The number of nitrogens with one attached hydrogen (secondary N) is 1. The van der Waals surface area contributed by atoms with E-state index in [9.17, 15) is 4.79 Å². The number of rotatable bonds is 5. The van der Waals surface area contributed by atoms with Crippen LogP contribution in [0.1, 0.15) is 29.9 Å². The Hall–Kier alpha value is -1.75. The van der Waals surface area contributed by atoms with Gasteiger partial charge in [0.25, 0.3) is 5.91 Å². The minimum Gasteiger partial charge on any atom is -0.494 e. The molecule has 1 N–H and O–H groups in total. The van der Waals surface area contributed by atoms with E-state index >= 15 is 0 Å². The maximum atomic E-state index is 12.4. The van der Waals surface area contributed by atoms with Crippen molar-refractivity contribution in [2.75, 3.05) is 11.9 Å². The third-order valence-corrected chi connectivity index (χ3v) is 3.63. The lowest BCUT2D eigenvalue weighted by Gasteiger charge is -2.11. The summed E-state index contributed by atoms with van der Waals surface area (Å²) in [7, 11) is 0. The quantitative estimate of drug-likeness (QED) is 0.876. The molecule has 0 bridgehead atoms. The predicted molar refractivity (Wildman–Crippen MR) is 88.1 cm³/mol. The Balaban J connectivity index is 2.19. The normalized spacial score (nSPS) is 10.5. The molecule has 0 radical (unpaired) electrons. The van der Waals surface area contributed by atoms with E-state index < -0.39 is 0 Å². The number of benzene rings is 1. The Labute approximate surface area is 133 Å². The van der Waals surface area contributed by atoms with Gasteiger partial charge in [0, 0.05) is 22.9 Å². The summed E-state index contributed by atoms with van der Waals surface area (Å²) < 4.78 is 8.26. The van der Waals surface area contributed by atoms with Crippen LogP contribution in [0.25, 0.3) is 0 Å². The first kappa shape index (κ1) is 15.6. The van der Waals surface area contributed by atoms with Gasteiger partial charge in [-0.05, 0) is 66.5 Å². The van der Waals surface area contributed by atoms with Gasteiger partial charge in [0.1, 0.15) is 11.4 Å². The second-order valence-electron chi connectivity index (χ2n) is 4.69. The number of hydrogen-bond acceptors (Lipinski definition) is 2. The van der Waals surface area contributed by atoms with E-state index in [1.165, 1.54) is 0 Å². The van der Waals surface area contributed by atoms with Crippen LogP contribution in [-0.2, 0) is 6.54 Å². The monoisotopic (exact) mass is 350 g/mol. The molecule has 1 heterocycles. The van der Waals surface area contributed by atoms with Gasteiger partial charge in [-0.25, -0.2) is 0 Å². The fraction of sp³-hybridized carbons (Fsp3) is 0.312. The predicted octanol–water partition coefficient (Wildman–Crippen LogP) is 4.23. The zero-order chi connectivity index (χ0) is 15.4. The minimum atomic E-state index is -0.116. The van der Waals surface area contributed by atoms with Crippen LogP contribution in [0.4, 0.5) is 5.69 Å². The summed E-state index contributed by atoms with van der Waals surface area (Å²) in [4.78, 5) is 12.4. The standard InChI is InChI=1S/C16H19BrN2O2/c1-4-19-10-12(17)9-15(19)16(20)18-14-7-6-13(21-5-2)8-11(14)3/h6-10H,4-5H2,1-3H3,(H,18,20). The Morgan fingerprint density at radius 1 is 1.33 bits per heavy atom. The number of aryl methyl sites for hydroxylation is 2. The van der Waals surface area contributed by atoms with Crippen LogP contribution < -0.4 is 10.1 Å². The lowest BCUT2D eigenvalue weighted by molar-refractivity contribution is 0.101. The van der Waals surface area contributed by atoms with Gasteiger partial charge < -0.3 is 14.6 Å². The summed E-state index contributed by atoms with van der Waals surface area (Å²) in [5.41, 5.74) is 2.41. The van der Waals surface area contributed by atoms with E-state index in [1.54, 1.807) is 0 Å². The highest BCUT2D eigenvalue weighted by Crippen LogP contribution is 2.23. The summed E-state index contributed by atoms with van der Waals surface area (Å²) in [6.45, 7) is 7.28. The molecule has 2 rings (SSSR count). The average molecular weight is 351 g/mol. The topological polar surface area (TPSA) is 43.3 Å². The minimum absolute atomic E-state index is 0.116. The van der Waals surface area contributed by atoms with Crippen LogP contribution in [0, 0.1) is 6.92 Å². The first-order valence-electron chi connectivity index (χ1n) is 6.95. The molecule has 112 valence electrons. The van der Waals surface area contributed by atoms with Gasteiger partial charge in [0.05, 0.1) is 6.61 Å². The number of amides is 1. The molecule has 0 unspecified atom stereocenters. The zero-order valence-electron chi connectivity index (χ0n) is 12.4. The number of ether oxygens (including phenoxy) is 1. The third-order valence-electron chi connectivity index (χ3n) is 3.19. The number of halogens is 1. The van der Waals surface area contributed by atoms with E-state index in [4.69, 9.17) is 4.74 Å². The number of anilines is 1. The van der Waals surface area contributed by atoms with Crippen LogP contribution in [0.2, 0.25) is 0 Å². The van der Waals surface area contributed by atoms with E-state index in [-0.39, 0.29) is 5.91 Å². The van der Waals surface area contributed by atoms with Gasteiger partial charge in [0.2, 0.25) is 0 Å². The van der Waals surface area contributed by atoms with Gasteiger partial charge in [-0.15, -0.1) is 0 Å². The lowest BCUT2D eigenvalue weighted by Crippen LogP contribution is -2.17. The molecule has 0 aliphatic carbocycles. The average Bonchev–Trinajstić information content (AvgIpc) is 2.83. The molecule has 0 atom stereocenters. The molecule has 2 aromatic rings. The second-order valence-corrected chi connectivity index (χ2v) is 5.61. The van der Waals surface area contributed by atoms with Gasteiger partial charge >= 0.3 is 0 Å². The van der Waals surface area contributed by atoms with Crippen molar-refractivity contribution in [1.82, 2.24) is 4.57 Å². The smallest absolute Gasteiger partial charge is 0.272 e. The van der Waals surface area contributed by atoms with Gasteiger partial charge in [-0.3, -0.25) is 4.79 Å². The van der Waals surface area contributed by atoms with Crippen LogP contribution in [0.5, 0.6) is 5.75 Å². The summed E-state index contributed by atoms with van der Waals surface area (Å²) >= 11 is 3.40. The Bertz CT molecular complexity index is 650. The maximum Gasteiger partial charge on any atom is 0.272 e. The van der Waals surface area contributed by atoms with E-state index in [1.807, 2.05) is 55.8 Å². The van der Waals surface area contributed by atoms with Crippen molar-refractivity contribution in [3.8, 4) is 5.75 Å². The van der Waals surface area contributed by atoms with Crippen molar-refractivity contribution in [2.45, 2.75) is 27.3 Å². The Morgan fingerprint density at radius 2 is 2.10 bits per heavy atom. The van der Waals surface area contributed by atoms with Crippen molar-refractivity contribution < 1.29 is 9.53 Å². The molecule has 0 aliphatic heterocycles. The molecule has 0 fully saturated rings. The van der Waals surface area contributed by atoms with Crippen molar-refractivity contribution in [1.29, 1.82) is 0 Å². The fourth-order valence-corrected chi connectivity index (χ4v) is 2.61. The van der Waals surface area contributed by atoms with Crippen molar-refractivity contribution in [3.05, 3.63) is 46.2 Å². The summed E-state index contributed by atoms with van der Waals surface area (Å²) in [6.07, 6.45) is 1.90. The zero-order valence-corrected chi connectivity index (χ0v) is 14.0. The second kappa shape index (κ2) is 6.80. The maximum absolute atomic E-state index is 12.4. The molecular weight excluding hydrogens is 332 g/mol. The third kappa shape index (κ3) is 3.67. The number of carbonyl (C=O) groups excluding carboxylic acids is 1. The van der Waals surface area contributed by atoms with Crippen LogP contribution in [-0.4, -0.2) is 17.1 Å². The van der Waals surface area contributed by atoms with Crippen LogP contribution in [0.15, 0.2) is 34.9 Å². The van der Waals surface area contributed by atoms with Crippen molar-refractivity contribution in [2.24, 2.45) is 0 Å². The van der Waals surface area contributed by atoms with E-state index in [0.717, 1.165) is 28.0 Å².